The Morgan fingerprint density at radius 3 is 2.81 bits per heavy atom. The van der Waals surface area contributed by atoms with Gasteiger partial charge in [0.2, 0.25) is 11.8 Å². The Hall–Kier alpha value is -0.550. The van der Waals surface area contributed by atoms with Crippen LogP contribution in [0.5, 0.6) is 5.88 Å². The smallest absolute Gasteiger partial charge is 0.232 e. The molecule has 1 aromatic rings. The zero-order chi connectivity index (χ0) is 12.1. The molecule has 0 fully saturated rings. The van der Waals surface area contributed by atoms with E-state index < -0.39 is 0 Å². The lowest BCUT2D eigenvalue weighted by Gasteiger charge is -2.15. The third-order valence-electron chi connectivity index (χ3n) is 1.96. The van der Waals surface area contributed by atoms with Crippen LogP contribution < -0.4 is 10.1 Å². The van der Waals surface area contributed by atoms with Gasteiger partial charge >= 0.3 is 0 Å². The van der Waals surface area contributed by atoms with Crippen LogP contribution in [0.15, 0.2) is 10.7 Å². The first-order valence-corrected chi connectivity index (χ1v) is 6.23. The summed E-state index contributed by atoms with van der Waals surface area (Å²) in [7, 11) is 1.57. The zero-order valence-electron chi connectivity index (χ0n) is 9.50. The summed E-state index contributed by atoms with van der Waals surface area (Å²) in [6.07, 6.45) is 2.51. The van der Waals surface area contributed by atoms with Gasteiger partial charge in [-0.05, 0) is 36.2 Å². The number of nitrogens with one attached hydrogen (secondary N) is 1. The van der Waals surface area contributed by atoms with E-state index in [-0.39, 0.29) is 11.4 Å². The van der Waals surface area contributed by atoms with Crippen LogP contribution in [0.2, 0.25) is 0 Å². The molecule has 0 aromatic carbocycles. The van der Waals surface area contributed by atoms with Crippen molar-refractivity contribution < 1.29 is 4.74 Å². The highest BCUT2D eigenvalue weighted by Gasteiger charge is 2.09. The summed E-state index contributed by atoms with van der Waals surface area (Å²) < 4.78 is 5.82. The van der Waals surface area contributed by atoms with Crippen LogP contribution in [-0.4, -0.2) is 28.5 Å². The van der Waals surface area contributed by atoms with E-state index in [0.717, 1.165) is 10.9 Å². The van der Waals surface area contributed by atoms with Gasteiger partial charge in [-0.25, -0.2) is 4.98 Å². The van der Waals surface area contributed by atoms with E-state index in [9.17, 15) is 0 Å². The highest BCUT2D eigenvalue weighted by atomic mass is 79.9. The molecule has 1 aromatic heterocycles. The van der Waals surface area contributed by atoms with Crippen molar-refractivity contribution in [3.63, 3.8) is 0 Å². The molecular formula is C10H15BrClN3O. The minimum absolute atomic E-state index is 0.125. The average molecular weight is 309 g/mol. The topological polar surface area (TPSA) is 47.0 Å². The molecule has 6 heteroatoms. The van der Waals surface area contributed by atoms with Crippen molar-refractivity contribution in [3.05, 3.63) is 10.7 Å². The van der Waals surface area contributed by atoms with Gasteiger partial charge in [0.25, 0.3) is 0 Å². The van der Waals surface area contributed by atoms with E-state index in [0.29, 0.717) is 11.8 Å². The first kappa shape index (κ1) is 13.5. The van der Waals surface area contributed by atoms with Crippen LogP contribution in [0.4, 0.5) is 5.95 Å². The average Bonchev–Trinajstić information content (AvgIpc) is 2.19. The Kier molecular flexibility index (Phi) is 5.28. The fourth-order valence-corrected chi connectivity index (χ4v) is 1.95. The van der Waals surface area contributed by atoms with Gasteiger partial charge < -0.3 is 10.1 Å². The summed E-state index contributed by atoms with van der Waals surface area (Å²) >= 11 is 9.21. The number of alkyl halides is 1. The predicted octanol–water partition coefficient (Wildman–Crippen LogP) is 3.07. The van der Waals surface area contributed by atoms with Gasteiger partial charge in [0.15, 0.2) is 0 Å². The molecule has 0 amide bonds. The quantitative estimate of drug-likeness (QED) is 0.849. The first-order chi connectivity index (χ1) is 7.52. The molecule has 0 saturated heterocycles. The molecule has 0 bridgehead atoms. The Morgan fingerprint density at radius 2 is 2.25 bits per heavy atom. The monoisotopic (exact) mass is 307 g/mol. The number of anilines is 1. The fraction of sp³-hybridized carbons (Fsp3) is 0.600. The number of halogens is 2. The maximum Gasteiger partial charge on any atom is 0.232 e. The van der Waals surface area contributed by atoms with E-state index in [1.54, 1.807) is 13.3 Å². The molecule has 90 valence electrons. The van der Waals surface area contributed by atoms with Crippen LogP contribution >= 0.6 is 27.5 Å². The minimum atomic E-state index is 0.125. The molecule has 0 aliphatic carbocycles. The Balaban J connectivity index is 2.67. The Bertz CT molecular complexity index is 349. The maximum absolute atomic E-state index is 5.91. The Morgan fingerprint density at radius 1 is 1.56 bits per heavy atom. The molecule has 0 saturated carbocycles. The van der Waals surface area contributed by atoms with Gasteiger partial charge in [-0.1, -0.05) is 0 Å². The molecule has 2 atom stereocenters. The van der Waals surface area contributed by atoms with Gasteiger partial charge in [0.05, 0.1) is 17.8 Å². The lowest BCUT2D eigenvalue weighted by Crippen LogP contribution is -2.20. The summed E-state index contributed by atoms with van der Waals surface area (Å²) in [5, 5.41) is 3.29. The second kappa shape index (κ2) is 6.25. The molecule has 0 aliphatic heterocycles. The fourth-order valence-electron chi connectivity index (χ4n) is 1.33. The van der Waals surface area contributed by atoms with Gasteiger partial charge in [0.1, 0.15) is 0 Å². The summed E-state index contributed by atoms with van der Waals surface area (Å²) in [6, 6.07) is 0.221. The summed E-state index contributed by atoms with van der Waals surface area (Å²) in [5.74, 6) is 1.06. The molecule has 4 nitrogen and oxygen atoms in total. The first-order valence-electron chi connectivity index (χ1n) is 5.00. The van der Waals surface area contributed by atoms with Crippen LogP contribution in [0.1, 0.15) is 20.3 Å². The summed E-state index contributed by atoms with van der Waals surface area (Å²) in [5.41, 5.74) is 0. The standard InChI is InChI=1S/C10H15BrClN3O/c1-6(12)4-7(2)14-10-13-5-8(11)9(15-10)16-3/h5-7H,4H2,1-3H3,(H,13,14,15). The molecule has 0 aliphatic rings. The van der Waals surface area contributed by atoms with Crippen molar-refractivity contribution in [2.45, 2.75) is 31.7 Å². The lowest BCUT2D eigenvalue weighted by atomic mass is 10.2. The highest BCUT2D eigenvalue weighted by molar-refractivity contribution is 9.10. The van der Waals surface area contributed by atoms with Crippen molar-refractivity contribution in [3.8, 4) is 5.88 Å². The second-order valence-corrected chi connectivity index (χ2v) is 5.21. The van der Waals surface area contributed by atoms with Gasteiger partial charge in [-0.2, -0.15) is 4.98 Å². The van der Waals surface area contributed by atoms with Crippen molar-refractivity contribution in [2.75, 3.05) is 12.4 Å². The van der Waals surface area contributed by atoms with Gasteiger partial charge in [-0.3, -0.25) is 0 Å². The second-order valence-electron chi connectivity index (χ2n) is 3.61. The van der Waals surface area contributed by atoms with Crippen LogP contribution in [0, 0.1) is 0 Å². The predicted molar refractivity (Wildman–Crippen MR) is 69.3 cm³/mol. The number of aromatic nitrogens is 2. The molecule has 2 unspecified atom stereocenters. The number of rotatable bonds is 5. The Labute approximate surface area is 109 Å². The number of methoxy groups -OCH3 is 1. The minimum Gasteiger partial charge on any atom is -0.480 e. The van der Waals surface area contributed by atoms with Crippen molar-refractivity contribution in [1.82, 2.24) is 9.97 Å². The third kappa shape index (κ3) is 4.14. The number of hydrogen-bond donors (Lipinski definition) is 1. The van der Waals surface area contributed by atoms with E-state index in [1.807, 2.05) is 13.8 Å². The molecular weight excluding hydrogens is 293 g/mol. The van der Waals surface area contributed by atoms with Gasteiger partial charge in [-0.15, -0.1) is 11.6 Å². The largest absolute Gasteiger partial charge is 0.480 e. The van der Waals surface area contributed by atoms with E-state index >= 15 is 0 Å². The number of hydrogen-bond acceptors (Lipinski definition) is 4. The zero-order valence-corrected chi connectivity index (χ0v) is 11.8. The maximum atomic E-state index is 5.91. The van der Waals surface area contributed by atoms with Crippen LogP contribution in [0.3, 0.4) is 0 Å². The van der Waals surface area contributed by atoms with Gasteiger partial charge in [0, 0.05) is 11.4 Å². The summed E-state index contributed by atoms with van der Waals surface area (Å²) in [4.78, 5) is 8.35. The molecule has 0 radical (unpaired) electrons. The van der Waals surface area contributed by atoms with E-state index in [2.05, 4.69) is 31.2 Å². The highest BCUT2D eigenvalue weighted by Crippen LogP contribution is 2.22. The third-order valence-corrected chi connectivity index (χ3v) is 2.68. The molecule has 0 spiro atoms. The normalized spacial score (nSPS) is 14.3. The van der Waals surface area contributed by atoms with Crippen molar-refractivity contribution in [2.24, 2.45) is 0 Å². The lowest BCUT2D eigenvalue weighted by molar-refractivity contribution is 0.394. The van der Waals surface area contributed by atoms with Crippen molar-refractivity contribution in [1.29, 1.82) is 0 Å². The number of nitrogens with zero attached hydrogens (tertiary/aromatic N) is 2. The van der Waals surface area contributed by atoms with Crippen LogP contribution in [-0.2, 0) is 0 Å². The van der Waals surface area contributed by atoms with E-state index in [4.69, 9.17) is 16.3 Å². The van der Waals surface area contributed by atoms with E-state index in [1.165, 1.54) is 0 Å². The molecule has 1 rings (SSSR count). The summed E-state index contributed by atoms with van der Waals surface area (Å²) in [6.45, 7) is 4.00. The van der Waals surface area contributed by atoms with Crippen LogP contribution in [0.25, 0.3) is 0 Å². The molecule has 1 N–H and O–H groups in total. The molecule has 16 heavy (non-hydrogen) atoms. The number of ether oxygens (including phenoxy) is 1. The SMILES string of the molecule is COc1nc(NC(C)CC(C)Cl)ncc1Br. The van der Waals surface area contributed by atoms with Crippen molar-refractivity contribution >= 4 is 33.5 Å². The molecule has 1 heterocycles.